The minimum atomic E-state index is -2.39. The molecule has 1 fully saturated rings. The lowest BCUT2D eigenvalue weighted by atomic mass is 10.1. The van der Waals surface area contributed by atoms with Crippen LogP contribution in [0.2, 0.25) is 0 Å². The van der Waals surface area contributed by atoms with Crippen LogP contribution in [-0.4, -0.2) is 64.6 Å². The Morgan fingerprint density at radius 3 is 2.68 bits per heavy atom. The summed E-state index contributed by atoms with van der Waals surface area (Å²) in [6.07, 6.45) is -1.73. The fraction of sp³-hybridized carbons (Fsp3) is 0.533. The van der Waals surface area contributed by atoms with Crippen LogP contribution in [0.1, 0.15) is 23.7 Å². The SMILES string of the molecule is CCC1CN(C(=O)c2ccc(O)cc2O)CCN1CC(F)F. The van der Waals surface area contributed by atoms with E-state index in [1.807, 2.05) is 6.92 Å². The third-order valence-electron chi connectivity index (χ3n) is 3.95. The van der Waals surface area contributed by atoms with Gasteiger partial charge in [0.2, 0.25) is 0 Å². The first-order valence-electron chi connectivity index (χ1n) is 7.25. The molecule has 1 aliphatic rings. The van der Waals surface area contributed by atoms with E-state index in [9.17, 15) is 23.8 Å². The molecule has 1 heterocycles. The van der Waals surface area contributed by atoms with E-state index in [-0.39, 0.29) is 35.6 Å². The topological polar surface area (TPSA) is 64.0 Å². The van der Waals surface area contributed by atoms with Gasteiger partial charge in [-0.1, -0.05) is 6.92 Å². The van der Waals surface area contributed by atoms with Crippen LogP contribution in [0.5, 0.6) is 11.5 Å². The van der Waals surface area contributed by atoms with Crippen molar-refractivity contribution in [3.05, 3.63) is 23.8 Å². The van der Waals surface area contributed by atoms with Crippen molar-refractivity contribution in [2.75, 3.05) is 26.2 Å². The molecule has 1 saturated heterocycles. The second kappa shape index (κ2) is 6.91. The number of halogens is 2. The number of alkyl halides is 2. The molecule has 1 aromatic rings. The first kappa shape index (κ1) is 16.5. The lowest BCUT2D eigenvalue weighted by Gasteiger charge is -2.41. The maximum atomic E-state index is 12.6. The van der Waals surface area contributed by atoms with Crippen LogP contribution in [0.4, 0.5) is 8.78 Å². The van der Waals surface area contributed by atoms with Crippen LogP contribution < -0.4 is 0 Å². The molecule has 22 heavy (non-hydrogen) atoms. The van der Waals surface area contributed by atoms with Gasteiger partial charge in [-0.15, -0.1) is 0 Å². The van der Waals surface area contributed by atoms with E-state index in [1.165, 1.54) is 12.1 Å². The van der Waals surface area contributed by atoms with Crippen LogP contribution in [0.3, 0.4) is 0 Å². The minimum Gasteiger partial charge on any atom is -0.508 e. The van der Waals surface area contributed by atoms with Crippen molar-refractivity contribution >= 4 is 5.91 Å². The molecule has 1 atom stereocenters. The molecule has 0 aliphatic carbocycles. The Labute approximate surface area is 127 Å². The van der Waals surface area contributed by atoms with E-state index in [2.05, 4.69) is 0 Å². The molecule has 0 bridgehead atoms. The molecule has 2 rings (SSSR count). The minimum absolute atomic E-state index is 0.106. The van der Waals surface area contributed by atoms with Crippen molar-refractivity contribution in [1.82, 2.24) is 9.80 Å². The van der Waals surface area contributed by atoms with E-state index < -0.39 is 6.43 Å². The van der Waals surface area contributed by atoms with E-state index >= 15 is 0 Å². The average molecular weight is 314 g/mol. The fourth-order valence-electron chi connectivity index (χ4n) is 2.75. The molecule has 0 saturated carbocycles. The van der Waals surface area contributed by atoms with Gasteiger partial charge in [0.1, 0.15) is 11.5 Å². The van der Waals surface area contributed by atoms with Crippen molar-refractivity contribution in [2.45, 2.75) is 25.8 Å². The quantitative estimate of drug-likeness (QED) is 0.891. The average Bonchev–Trinajstić information content (AvgIpc) is 2.46. The largest absolute Gasteiger partial charge is 0.508 e. The lowest BCUT2D eigenvalue weighted by Crippen LogP contribution is -2.55. The number of phenolic OH excluding ortho intramolecular Hbond substituents is 2. The summed E-state index contributed by atoms with van der Waals surface area (Å²) in [6.45, 7) is 2.68. The summed E-state index contributed by atoms with van der Waals surface area (Å²) >= 11 is 0. The van der Waals surface area contributed by atoms with Gasteiger partial charge in [0.15, 0.2) is 0 Å². The molecule has 1 unspecified atom stereocenters. The van der Waals surface area contributed by atoms with Crippen molar-refractivity contribution in [3.8, 4) is 11.5 Å². The van der Waals surface area contributed by atoms with Crippen LogP contribution in [-0.2, 0) is 0 Å². The number of hydrogen-bond donors (Lipinski definition) is 2. The number of piperazine rings is 1. The number of carbonyl (C=O) groups excluding carboxylic acids is 1. The van der Waals surface area contributed by atoms with Gasteiger partial charge >= 0.3 is 0 Å². The van der Waals surface area contributed by atoms with Gasteiger partial charge < -0.3 is 15.1 Å². The standard InChI is InChI=1S/C15H20F2N2O3/c1-2-10-8-19(6-5-18(10)9-14(16)17)15(22)12-4-3-11(20)7-13(12)21/h3-4,7,10,14,20-21H,2,5-6,8-9H2,1H3. The maximum absolute atomic E-state index is 12.6. The van der Waals surface area contributed by atoms with E-state index in [1.54, 1.807) is 9.80 Å². The summed E-state index contributed by atoms with van der Waals surface area (Å²) in [5.41, 5.74) is 0.106. The summed E-state index contributed by atoms with van der Waals surface area (Å²) < 4.78 is 25.1. The Hall–Kier alpha value is -1.89. The van der Waals surface area contributed by atoms with Gasteiger partial charge in [-0.3, -0.25) is 9.69 Å². The monoisotopic (exact) mass is 314 g/mol. The number of aromatic hydroxyl groups is 2. The van der Waals surface area contributed by atoms with Gasteiger partial charge in [-0.05, 0) is 18.6 Å². The predicted molar refractivity (Wildman–Crippen MR) is 77.3 cm³/mol. The number of phenols is 2. The number of hydrogen-bond acceptors (Lipinski definition) is 4. The fourth-order valence-corrected chi connectivity index (χ4v) is 2.75. The van der Waals surface area contributed by atoms with Gasteiger partial charge in [0.25, 0.3) is 12.3 Å². The van der Waals surface area contributed by atoms with Crippen LogP contribution in [0.25, 0.3) is 0 Å². The highest BCUT2D eigenvalue weighted by atomic mass is 19.3. The van der Waals surface area contributed by atoms with E-state index in [0.29, 0.717) is 26.1 Å². The molecule has 0 spiro atoms. The van der Waals surface area contributed by atoms with Crippen molar-refractivity contribution < 1.29 is 23.8 Å². The molecule has 2 N–H and O–H groups in total. The zero-order valence-electron chi connectivity index (χ0n) is 12.4. The Bertz CT molecular complexity index is 540. The lowest BCUT2D eigenvalue weighted by molar-refractivity contribution is 0.0185. The number of nitrogens with zero attached hydrogens (tertiary/aromatic N) is 2. The second-order valence-electron chi connectivity index (χ2n) is 5.40. The zero-order chi connectivity index (χ0) is 16.3. The van der Waals surface area contributed by atoms with E-state index in [0.717, 1.165) is 6.07 Å². The third kappa shape index (κ3) is 3.65. The third-order valence-corrected chi connectivity index (χ3v) is 3.95. The predicted octanol–water partition coefficient (Wildman–Crippen LogP) is 1.90. The summed E-state index contributed by atoms with van der Waals surface area (Å²) in [5, 5.41) is 19.0. The number of carbonyl (C=O) groups is 1. The normalized spacial score (nSPS) is 19.6. The van der Waals surface area contributed by atoms with E-state index in [4.69, 9.17) is 0 Å². The summed E-state index contributed by atoms with van der Waals surface area (Å²) in [5.74, 6) is -0.761. The first-order chi connectivity index (χ1) is 10.4. The van der Waals surface area contributed by atoms with Crippen LogP contribution >= 0.6 is 0 Å². The smallest absolute Gasteiger partial charge is 0.257 e. The molecule has 0 aromatic heterocycles. The molecule has 1 amide bonds. The molecule has 0 radical (unpaired) electrons. The number of rotatable bonds is 4. The zero-order valence-corrected chi connectivity index (χ0v) is 12.4. The first-order valence-corrected chi connectivity index (χ1v) is 7.25. The van der Waals surface area contributed by atoms with Crippen molar-refractivity contribution in [1.29, 1.82) is 0 Å². The van der Waals surface area contributed by atoms with Crippen LogP contribution in [0.15, 0.2) is 18.2 Å². The molecule has 122 valence electrons. The highest BCUT2D eigenvalue weighted by Crippen LogP contribution is 2.25. The molecular formula is C15H20F2N2O3. The van der Waals surface area contributed by atoms with Gasteiger partial charge in [0.05, 0.1) is 12.1 Å². The molecule has 5 nitrogen and oxygen atoms in total. The maximum Gasteiger partial charge on any atom is 0.257 e. The highest BCUT2D eigenvalue weighted by Gasteiger charge is 2.31. The molecular weight excluding hydrogens is 294 g/mol. The van der Waals surface area contributed by atoms with Gasteiger partial charge in [-0.25, -0.2) is 8.78 Å². The Morgan fingerprint density at radius 2 is 2.09 bits per heavy atom. The highest BCUT2D eigenvalue weighted by molar-refractivity contribution is 5.97. The number of amides is 1. The molecule has 1 aliphatic heterocycles. The summed E-state index contributed by atoms with van der Waals surface area (Å²) in [7, 11) is 0. The van der Waals surface area contributed by atoms with Gasteiger partial charge in [0, 0.05) is 31.7 Å². The second-order valence-corrected chi connectivity index (χ2v) is 5.40. The van der Waals surface area contributed by atoms with Crippen molar-refractivity contribution in [2.24, 2.45) is 0 Å². The number of benzene rings is 1. The summed E-state index contributed by atoms with van der Waals surface area (Å²) in [6, 6.07) is 3.68. The molecule has 1 aromatic carbocycles. The summed E-state index contributed by atoms with van der Waals surface area (Å²) in [4.78, 5) is 15.7. The Balaban J connectivity index is 2.09. The molecule has 7 heteroatoms. The van der Waals surface area contributed by atoms with Gasteiger partial charge in [-0.2, -0.15) is 0 Å². The Kier molecular flexibility index (Phi) is 5.18. The Morgan fingerprint density at radius 1 is 1.36 bits per heavy atom. The van der Waals surface area contributed by atoms with Crippen molar-refractivity contribution in [3.63, 3.8) is 0 Å². The van der Waals surface area contributed by atoms with Crippen LogP contribution in [0, 0.1) is 0 Å².